The van der Waals surface area contributed by atoms with Crippen LogP contribution < -0.4 is 5.32 Å². The Morgan fingerprint density at radius 1 is 1.07 bits per heavy atom. The van der Waals surface area contributed by atoms with Crippen LogP contribution in [-0.4, -0.2) is 9.97 Å². The van der Waals surface area contributed by atoms with Gasteiger partial charge in [0, 0.05) is 22.9 Å². The normalized spacial score (nSPS) is 12.2. The van der Waals surface area contributed by atoms with Gasteiger partial charge >= 0.3 is 0 Å². The van der Waals surface area contributed by atoms with Crippen LogP contribution >= 0.6 is 34.9 Å². The summed E-state index contributed by atoms with van der Waals surface area (Å²) in [5.74, 6) is 0.240. The van der Waals surface area contributed by atoms with Gasteiger partial charge in [-0.05, 0) is 35.6 Å². The monoisotopic (exact) mass is 408 g/mol. The summed E-state index contributed by atoms with van der Waals surface area (Å²) >= 11 is 9.17. The van der Waals surface area contributed by atoms with Gasteiger partial charge < -0.3 is 5.32 Å². The van der Waals surface area contributed by atoms with Crippen molar-refractivity contribution in [3.8, 4) is 10.6 Å². The van der Waals surface area contributed by atoms with Gasteiger partial charge in [0.1, 0.15) is 5.01 Å². The first-order chi connectivity index (χ1) is 13.2. The van der Waals surface area contributed by atoms with Gasteiger partial charge in [0.15, 0.2) is 0 Å². The first-order valence-corrected chi connectivity index (χ1v) is 11.1. The van der Waals surface area contributed by atoms with E-state index in [1.165, 1.54) is 15.1 Å². The number of nitrogens with zero attached hydrogens (tertiary/aromatic N) is 1. The van der Waals surface area contributed by atoms with Gasteiger partial charge in [-0.1, -0.05) is 61.6 Å². The van der Waals surface area contributed by atoms with E-state index in [4.69, 9.17) is 17.2 Å². The topological polar surface area (TPSA) is 24.9 Å². The lowest BCUT2D eigenvalue weighted by Crippen LogP contribution is -2.26. The molecule has 136 valence electrons. The van der Waals surface area contributed by atoms with Crippen molar-refractivity contribution in [2.75, 3.05) is 0 Å². The molecule has 1 N–H and O–H groups in total. The quantitative estimate of drug-likeness (QED) is 0.362. The van der Waals surface area contributed by atoms with Gasteiger partial charge in [-0.15, -0.1) is 22.7 Å². The molecule has 4 rings (SSSR count). The summed E-state index contributed by atoms with van der Waals surface area (Å²) in [6.07, 6.45) is 0.983. The van der Waals surface area contributed by atoms with Crippen molar-refractivity contribution in [3.63, 3.8) is 0 Å². The molecular formula is C22H20N2S3. The number of thiophene rings is 1. The molecule has 27 heavy (non-hydrogen) atoms. The summed E-state index contributed by atoms with van der Waals surface area (Å²) in [7, 11) is 0. The van der Waals surface area contributed by atoms with Crippen molar-refractivity contribution in [3.05, 3.63) is 76.5 Å². The van der Waals surface area contributed by atoms with E-state index in [2.05, 4.69) is 72.2 Å². The Balaban J connectivity index is 1.50. The lowest BCUT2D eigenvalue weighted by molar-refractivity contribution is 0.799. The fourth-order valence-corrected chi connectivity index (χ4v) is 5.13. The highest BCUT2D eigenvalue weighted by Crippen LogP contribution is 2.31. The van der Waals surface area contributed by atoms with Gasteiger partial charge in [-0.25, -0.2) is 4.98 Å². The molecule has 0 bridgehead atoms. The second kappa shape index (κ2) is 8.30. The maximum Gasteiger partial charge on any atom is 0.124 e. The Hall–Kier alpha value is -2.08. The number of hydrogen-bond donors (Lipinski definition) is 1. The lowest BCUT2D eigenvalue weighted by Gasteiger charge is -2.18. The number of thiazole rings is 1. The average Bonchev–Trinajstić information content (AvgIpc) is 3.37. The molecule has 0 aliphatic rings. The van der Waals surface area contributed by atoms with E-state index >= 15 is 0 Å². The fraction of sp³-hybridized carbons (Fsp3) is 0.182. The van der Waals surface area contributed by atoms with Gasteiger partial charge in [-0.2, -0.15) is 0 Å². The van der Waals surface area contributed by atoms with E-state index in [1.807, 2.05) is 6.07 Å². The smallest absolute Gasteiger partial charge is 0.124 e. The SMILES string of the molecule is CCC(C(=S)NCc1cccs1)c1ccc(-c2nc3ccccc3s2)cc1. The predicted molar refractivity (Wildman–Crippen MR) is 122 cm³/mol. The first kappa shape index (κ1) is 18.3. The van der Waals surface area contributed by atoms with Crippen molar-refractivity contribution in [2.24, 2.45) is 0 Å². The summed E-state index contributed by atoms with van der Waals surface area (Å²) < 4.78 is 1.22. The molecule has 2 aromatic carbocycles. The molecule has 0 aliphatic carbocycles. The molecule has 2 aromatic heterocycles. The number of hydrogen-bond acceptors (Lipinski definition) is 4. The highest BCUT2D eigenvalue weighted by molar-refractivity contribution is 7.80. The van der Waals surface area contributed by atoms with Crippen LogP contribution in [0, 0.1) is 0 Å². The Morgan fingerprint density at radius 2 is 1.89 bits per heavy atom. The minimum absolute atomic E-state index is 0.240. The van der Waals surface area contributed by atoms with Crippen molar-refractivity contribution >= 4 is 50.1 Å². The highest BCUT2D eigenvalue weighted by Gasteiger charge is 2.15. The molecule has 0 fully saturated rings. The molecule has 0 aliphatic heterocycles. The van der Waals surface area contributed by atoms with Gasteiger partial charge in [0.05, 0.1) is 15.2 Å². The van der Waals surface area contributed by atoms with Gasteiger partial charge in [0.2, 0.25) is 0 Å². The fourth-order valence-electron chi connectivity index (χ4n) is 3.14. The molecule has 1 atom stereocenters. The number of aromatic nitrogens is 1. The minimum atomic E-state index is 0.240. The summed E-state index contributed by atoms with van der Waals surface area (Å²) in [4.78, 5) is 6.97. The number of rotatable bonds is 6. The van der Waals surface area contributed by atoms with Crippen LogP contribution in [0.1, 0.15) is 29.7 Å². The molecule has 5 heteroatoms. The third-order valence-corrected chi connectivity index (χ3v) is 6.99. The molecule has 1 unspecified atom stereocenters. The number of fused-ring (bicyclic) bond motifs is 1. The molecule has 0 saturated heterocycles. The van der Waals surface area contributed by atoms with E-state index < -0.39 is 0 Å². The summed E-state index contributed by atoms with van der Waals surface area (Å²) in [5.41, 5.74) is 3.48. The Labute approximate surface area is 172 Å². The Kier molecular flexibility index (Phi) is 5.62. The highest BCUT2D eigenvalue weighted by atomic mass is 32.1. The minimum Gasteiger partial charge on any atom is -0.374 e. The van der Waals surface area contributed by atoms with E-state index in [0.717, 1.165) is 34.0 Å². The summed E-state index contributed by atoms with van der Waals surface area (Å²) in [5, 5.41) is 6.59. The zero-order valence-electron chi connectivity index (χ0n) is 15.0. The molecule has 0 saturated carbocycles. The van der Waals surface area contributed by atoms with Crippen molar-refractivity contribution in [1.82, 2.24) is 10.3 Å². The van der Waals surface area contributed by atoms with E-state index in [9.17, 15) is 0 Å². The van der Waals surface area contributed by atoms with Crippen LogP contribution in [0.4, 0.5) is 0 Å². The third kappa shape index (κ3) is 4.10. The summed E-state index contributed by atoms with van der Waals surface area (Å²) in [6, 6.07) is 21.2. The number of benzene rings is 2. The zero-order valence-corrected chi connectivity index (χ0v) is 17.5. The number of nitrogens with one attached hydrogen (secondary N) is 1. The van der Waals surface area contributed by atoms with E-state index in [0.29, 0.717) is 0 Å². The maximum atomic E-state index is 5.68. The van der Waals surface area contributed by atoms with Crippen LogP contribution in [0.2, 0.25) is 0 Å². The van der Waals surface area contributed by atoms with E-state index in [-0.39, 0.29) is 5.92 Å². The molecule has 0 spiro atoms. The van der Waals surface area contributed by atoms with Gasteiger partial charge in [-0.3, -0.25) is 0 Å². The Bertz CT molecular complexity index is 1000. The van der Waals surface area contributed by atoms with Crippen LogP contribution in [0.25, 0.3) is 20.8 Å². The molecule has 4 aromatic rings. The number of para-hydroxylation sites is 1. The van der Waals surface area contributed by atoms with Crippen LogP contribution in [0.15, 0.2) is 66.0 Å². The summed E-state index contributed by atoms with van der Waals surface area (Å²) in [6.45, 7) is 2.99. The van der Waals surface area contributed by atoms with Crippen LogP contribution in [-0.2, 0) is 6.54 Å². The van der Waals surface area contributed by atoms with Crippen molar-refractivity contribution in [2.45, 2.75) is 25.8 Å². The molecule has 2 nitrogen and oxygen atoms in total. The second-order valence-corrected chi connectivity index (χ2v) is 8.87. The van der Waals surface area contributed by atoms with E-state index in [1.54, 1.807) is 22.7 Å². The van der Waals surface area contributed by atoms with Crippen molar-refractivity contribution < 1.29 is 0 Å². The maximum absolute atomic E-state index is 5.68. The molecular weight excluding hydrogens is 388 g/mol. The molecule has 0 radical (unpaired) electrons. The third-order valence-electron chi connectivity index (χ3n) is 4.60. The number of thiocarbonyl (C=S) groups is 1. The standard InChI is InChI=1S/C22H20N2S3/c1-2-18(21(25)23-14-17-6-5-13-26-17)15-9-11-16(12-10-15)22-24-19-7-3-4-8-20(19)27-22/h3-13,18H,2,14H2,1H3,(H,23,25). The first-order valence-electron chi connectivity index (χ1n) is 9.00. The van der Waals surface area contributed by atoms with Gasteiger partial charge in [0.25, 0.3) is 0 Å². The Morgan fingerprint density at radius 3 is 2.59 bits per heavy atom. The average molecular weight is 409 g/mol. The lowest BCUT2D eigenvalue weighted by atomic mass is 9.95. The van der Waals surface area contributed by atoms with Crippen LogP contribution in [0.3, 0.4) is 0 Å². The largest absolute Gasteiger partial charge is 0.374 e. The second-order valence-electron chi connectivity index (χ2n) is 6.37. The zero-order chi connectivity index (χ0) is 18.6. The molecule has 2 heterocycles. The van der Waals surface area contributed by atoms with Crippen LogP contribution in [0.5, 0.6) is 0 Å². The molecule has 0 amide bonds. The van der Waals surface area contributed by atoms with Crippen molar-refractivity contribution in [1.29, 1.82) is 0 Å². The predicted octanol–water partition coefficient (Wildman–Crippen LogP) is 6.64.